The molecule has 2 atom stereocenters. The molecule has 0 aromatic heterocycles. The highest BCUT2D eigenvalue weighted by atomic mass is 19.3. The van der Waals surface area contributed by atoms with Crippen LogP contribution in [0.25, 0.3) is 0 Å². The molecule has 1 amide bonds. The van der Waals surface area contributed by atoms with Crippen molar-refractivity contribution in [2.24, 2.45) is 5.92 Å². The number of amides is 1. The van der Waals surface area contributed by atoms with Crippen molar-refractivity contribution in [3.05, 3.63) is 35.1 Å². The molecule has 0 N–H and O–H groups in total. The van der Waals surface area contributed by atoms with Gasteiger partial charge in [0.25, 0.3) is 11.8 Å². The second kappa shape index (κ2) is 4.86. The zero-order chi connectivity index (χ0) is 15.2. The van der Waals surface area contributed by atoms with Gasteiger partial charge in [-0.25, -0.2) is 13.2 Å². The Morgan fingerprint density at radius 3 is 2.76 bits per heavy atom. The number of carbonyl (C=O) groups excluding carboxylic acids is 2. The number of nitrogens with zero attached hydrogens (tertiary/aromatic N) is 1. The number of benzene rings is 1. The Kier molecular flexibility index (Phi) is 3.26. The van der Waals surface area contributed by atoms with Gasteiger partial charge in [-0.15, -0.1) is 0 Å². The van der Waals surface area contributed by atoms with E-state index in [1.165, 1.54) is 4.90 Å². The van der Waals surface area contributed by atoms with E-state index in [2.05, 4.69) is 0 Å². The van der Waals surface area contributed by atoms with Crippen LogP contribution in [0.2, 0.25) is 0 Å². The van der Waals surface area contributed by atoms with E-state index in [0.717, 1.165) is 24.5 Å². The molecule has 3 rings (SSSR count). The van der Waals surface area contributed by atoms with Gasteiger partial charge in [0.2, 0.25) is 0 Å². The smallest absolute Gasteiger partial charge is 0.276 e. The Hall–Kier alpha value is -1.85. The van der Waals surface area contributed by atoms with Crippen LogP contribution in [0.1, 0.15) is 35.2 Å². The average Bonchev–Trinajstić information content (AvgIpc) is 2.53. The number of piperidine rings is 1. The summed E-state index contributed by atoms with van der Waals surface area (Å²) in [5.74, 6) is -4.90. The van der Waals surface area contributed by atoms with Gasteiger partial charge >= 0.3 is 0 Å². The van der Waals surface area contributed by atoms with E-state index in [-0.39, 0.29) is 18.0 Å². The molecule has 21 heavy (non-hydrogen) atoms. The first-order valence-corrected chi connectivity index (χ1v) is 6.86. The van der Waals surface area contributed by atoms with Gasteiger partial charge in [0, 0.05) is 36.1 Å². The third-order valence-electron chi connectivity index (χ3n) is 4.29. The second-order valence-corrected chi connectivity index (χ2v) is 5.68. The third kappa shape index (κ3) is 2.32. The maximum atomic E-state index is 14.3. The molecule has 2 aliphatic heterocycles. The van der Waals surface area contributed by atoms with Gasteiger partial charge in [-0.2, -0.15) is 0 Å². The van der Waals surface area contributed by atoms with Crippen molar-refractivity contribution in [2.45, 2.75) is 31.2 Å². The van der Waals surface area contributed by atoms with Crippen molar-refractivity contribution in [1.29, 1.82) is 0 Å². The summed E-state index contributed by atoms with van der Waals surface area (Å²) in [6, 6.07) is 2.24. The minimum Gasteiger partial charge on any atom is -0.335 e. The van der Waals surface area contributed by atoms with Crippen LogP contribution in [0.3, 0.4) is 0 Å². The fourth-order valence-corrected chi connectivity index (χ4v) is 3.19. The normalized spacial score (nSPS) is 27.6. The van der Waals surface area contributed by atoms with Gasteiger partial charge < -0.3 is 9.69 Å². The zero-order valence-corrected chi connectivity index (χ0v) is 11.2. The van der Waals surface area contributed by atoms with Crippen molar-refractivity contribution < 1.29 is 22.8 Å². The van der Waals surface area contributed by atoms with Crippen molar-refractivity contribution in [2.75, 3.05) is 6.54 Å². The molecular formula is C15H14F3NO2. The highest BCUT2D eigenvalue weighted by molar-refractivity contribution is 5.96. The fraction of sp³-hybridized carbons (Fsp3) is 0.467. The van der Waals surface area contributed by atoms with E-state index in [1.807, 2.05) is 0 Å². The molecule has 0 unspecified atom stereocenters. The third-order valence-corrected chi connectivity index (χ3v) is 4.29. The van der Waals surface area contributed by atoms with Crippen LogP contribution in [0.5, 0.6) is 0 Å². The molecule has 0 radical (unpaired) electrons. The van der Waals surface area contributed by atoms with E-state index in [0.29, 0.717) is 12.8 Å². The van der Waals surface area contributed by atoms with Gasteiger partial charge in [0.05, 0.1) is 0 Å². The second-order valence-electron chi connectivity index (χ2n) is 5.68. The maximum absolute atomic E-state index is 14.3. The molecule has 6 heteroatoms. The maximum Gasteiger partial charge on any atom is 0.276 e. The lowest BCUT2D eigenvalue weighted by Crippen LogP contribution is -2.47. The summed E-state index contributed by atoms with van der Waals surface area (Å²) >= 11 is 0. The van der Waals surface area contributed by atoms with Crippen LogP contribution in [-0.4, -0.2) is 29.7 Å². The van der Waals surface area contributed by atoms with Crippen molar-refractivity contribution in [3.8, 4) is 0 Å². The van der Waals surface area contributed by atoms with Gasteiger partial charge in [-0.3, -0.25) is 4.79 Å². The van der Waals surface area contributed by atoms with Crippen LogP contribution in [0.15, 0.2) is 18.2 Å². The molecule has 1 saturated heterocycles. The average molecular weight is 297 g/mol. The minimum absolute atomic E-state index is 0.153. The number of aldehydes is 1. The molecule has 0 bridgehead atoms. The highest BCUT2D eigenvalue weighted by Crippen LogP contribution is 2.42. The summed E-state index contributed by atoms with van der Waals surface area (Å²) < 4.78 is 42.0. The topological polar surface area (TPSA) is 37.4 Å². The SMILES string of the molecule is O=C[C@H]1CC[C@H]2CC(F)(F)c3cc(F)ccc3C(=O)N2C1. The van der Waals surface area contributed by atoms with E-state index in [9.17, 15) is 22.8 Å². The highest BCUT2D eigenvalue weighted by Gasteiger charge is 2.46. The molecule has 2 aliphatic rings. The van der Waals surface area contributed by atoms with Gasteiger partial charge in [-0.05, 0) is 31.0 Å². The van der Waals surface area contributed by atoms with Crippen LogP contribution >= 0.6 is 0 Å². The summed E-state index contributed by atoms with van der Waals surface area (Å²) in [7, 11) is 0. The standard InChI is InChI=1S/C15H14F3NO2/c16-10-2-4-12-13(5-10)15(17,18)6-11-3-1-9(8-20)7-19(11)14(12)21/h2,4-5,8-9,11H,1,3,6-7H2/t9-,11-/m0/s1. The van der Waals surface area contributed by atoms with Crippen LogP contribution in [0.4, 0.5) is 13.2 Å². The summed E-state index contributed by atoms with van der Waals surface area (Å²) in [4.78, 5) is 24.7. The summed E-state index contributed by atoms with van der Waals surface area (Å²) in [5.41, 5.74) is -0.722. The van der Waals surface area contributed by atoms with Crippen LogP contribution < -0.4 is 0 Å². The van der Waals surface area contributed by atoms with Crippen LogP contribution in [-0.2, 0) is 10.7 Å². The Labute approximate surface area is 119 Å². The zero-order valence-electron chi connectivity index (χ0n) is 11.2. The number of halogens is 3. The van der Waals surface area contributed by atoms with Crippen molar-refractivity contribution in [1.82, 2.24) is 4.90 Å². The first-order valence-electron chi connectivity index (χ1n) is 6.86. The number of hydrogen-bond acceptors (Lipinski definition) is 2. The minimum atomic E-state index is -3.25. The largest absolute Gasteiger partial charge is 0.335 e. The predicted octanol–water partition coefficient (Wildman–Crippen LogP) is 2.74. The molecule has 3 nitrogen and oxygen atoms in total. The predicted molar refractivity (Wildman–Crippen MR) is 68.5 cm³/mol. The monoisotopic (exact) mass is 297 g/mol. The lowest BCUT2D eigenvalue weighted by atomic mass is 9.90. The number of carbonyl (C=O) groups is 2. The fourth-order valence-electron chi connectivity index (χ4n) is 3.19. The Morgan fingerprint density at radius 1 is 1.29 bits per heavy atom. The Balaban J connectivity index is 2.07. The first kappa shape index (κ1) is 14.1. The number of fused-ring (bicyclic) bond motifs is 2. The Morgan fingerprint density at radius 2 is 2.05 bits per heavy atom. The molecule has 2 heterocycles. The van der Waals surface area contributed by atoms with Crippen molar-refractivity contribution in [3.63, 3.8) is 0 Å². The van der Waals surface area contributed by atoms with Gasteiger partial charge in [0.1, 0.15) is 12.1 Å². The first-order chi connectivity index (χ1) is 9.92. The van der Waals surface area contributed by atoms with E-state index in [1.54, 1.807) is 0 Å². The molecular weight excluding hydrogens is 283 g/mol. The van der Waals surface area contributed by atoms with Crippen LogP contribution in [0, 0.1) is 11.7 Å². The molecule has 1 fully saturated rings. The molecule has 112 valence electrons. The quantitative estimate of drug-likeness (QED) is 0.747. The Bertz CT molecular complexity index is 603. The number of hydrogen-bond donors (Lipinski definition) is 0. The van der Waals surface area contributed by atoms with Gasteiger partial charge in [-0.1, -0.05) is 0 Å². The lowest BCUT2D eigenvalue weighted by molar-refractivity contribution is -0.113. The molecule has 0 saturated carbocycles. The molecule has 0 spiro atoms. The summed E-state index contributed by atoms with van der Waals surface area (Å²) in [6.45, 7) is 0.153. The van der Waals surface area contributed by atoms with E-state index >= 15 is 0 Å². The van der Waals surface area contributed by atoms with Crippen molar-refractivity contribution >= 4 is 12.2 Å². The van der Waals surface area contributed by atoms with Gasteiger partial charge in [0.15, 0.2) is 0 Å². The summed E-state index contributed by atoms with van der Waals surface area (Å²) in [5, 5.41) is 0. The molecule has 1 aromatic rings. The molecule has 1 aromatic carbocycles. The lowest BCUT2D eigenvalue weighted by Gasteiger charge is -2.37. The molecule has 0 aliphatic carbocycles. The number of rotatable bonds is 1. The number of alkyl halides is 2. The van der Waals surface area contributed by atoms with E-state index < -0.39 is 35.7 Å². The summed E-state index contributed by atoms with van der Waals surface area (Å²) in [6.07, 6.45) is 1.10. The van der Waals surface area contributed by atoms with E-state index in [4.69, 9.17) is 0 Å².